The molecular formula is C66H96F3N19O21. The number of nitrogens with one attached hydrogen (secondary N) is 10. The summed E-state index contributed by atoms with van der Waals surface area (Å²) >= 11 is 0. The Morgan fingerprint density at radius 1 is 0.523 bits per heavy atom. The minimum Gasteiger partial charge on any atom is -0.508 e. The Balaban J connectivity index is 0.00000547. The number of rotatable bonds is 40. The minimum absolute atomic E-state index is 0.00956. The van der Waals surface area contributed by atoms with Gasteiger partial charge in [-0.15, -0.1) is 0 Å². The number of nitrogens with two attached hydrogens (primary N) is 6. The smallest absolute Gasteiger partial charge is 0.490 e. The molecule has 11 amide bonds. The van der Waals surface area contributed by atoms with Crippen LogP contribution in [0.15, 0.2) is 76.7 Å². The number of aliphatic imine (C=N–C) groups is 2. The lowest BCUT2D eigenvalue weighted by atomic mass is 9.81. The molecule has 10 atom stereocenters. The van der Waals surface area contributed by atoms with Crippen molar-refractivity contribution in [3.63, 3.8) is 0 Å². The predicted molar refractivity (Wildman–Crippen MR) is 383 cm³/mol. The van der Waals surface area contributed by atoms with Gasteiger partial charge in [0, 0.05) is 37.7 Å². The van der Waals surface area contributed by atoms with E-state index in [0.717, 1.165) is 19.1 Å². The van der Waals surface area contributed by atoms with E-state index in [0.29, 0.717) is 5.56 Å². The van der Waals surface area contributed by atoms with Crippen molar-refractivity contribution in [3.05, 3.63) is 93.5 Å². The molecule has 0 aliphatic carbocycles. The summed E-state index contributed by atoms with van der Waals surface area (Å²) in [5.41, 5.74) is 30.2. The number of guanidine groups is 2. The molecule has 0 heterocycles. The van der Waals surface area contributed by atoms with Crippen molar-refractivity contribution in [1.82, 2.24) is 53.2 Å². The standard InChI is InChI=1S/C64H95N19O19.C2HF3O2/c1-31(2)25-40(52(91)78-42(27-34-19-22-46(87)45(28-34)83(101)102)54(93)77-41(26-33-17-20-35(86)21-18-33)53(92)75-39(59(98)99)16-12-24-72-62(69)70)76-51(90)38(15-11-23-71-61(67)68)74-55(94)44(30-85)80-56(95)43(29-84)79-49(88)32(3)73-58(97)48(64(7,8)60(66)100)82-57(96)47(63(4,5)6)81-50(89)36-13-9-10-14-37(36)65;3-2(4,5)1(6)7/h9-10,13-14,17-22,28,31-32,38-44,47-48,84-87H,11-12,15-16,23-27,29-30,65H2,1-8H3,(H2,66,100)(H,73,97)(H,74,94)(H,75,92)(H,76,90)(H,77,93)(H,78,91)(H,79,88)(H,80,95)(H,81,89)(H,82,96)(H,98,99)(H4,67,68,71)(H4,69,70,72);(H,6,7). The monoisotopic (exact) mass is 1550 g/mol. The molecule has 3 rings (SSSR count). The molecule has 0 aromatic heterocycles. The van der Waals surface area contributed by atoms with Gasteiger partial charge in [0.2, 0.25) is 59.1 Å². The minimum atomic E-state index is -5.08. The fourth-order valence-corrected chi connectivity index (χ4v) is 9.81. The average molecular weight is 1550 g/mol. The number of halogens is 3. The van der Waals surface area contributed by atoms with Crippen LogP contribution in [0.3, 0.4) is 0 Å². The van der Waals surface area contributed by atoms with Gasteiger partial charge in [-0.2, -0.15) is 13.2 Å². The van der Waals surface area contributed by atoms with Crippen molar-refractivity contribution in [1.29, 1.82) is 0 Å². The molecule has 0 aliphatic rings. The second kappa shape index (κ2) is 42.8. The van der Waals surface area contributed by atoms with Crippen LogP contribution in [0.25, 0.3) is 0 Å². The number of amides is 11. The molecule has 3 aromatic rings. The molecule has 10 unspecified atom stereocenters. The Labute approximate surface area is 621 Å². The van der Waals surface area contributed by atoms with Gasteiger partial charge in [-0.25, -0.2) is 9.59 Å². The topological polar surface area (TPSA) is 688 Å². The average Bonchev–Trinajstić information content (AvgIpc) is 0.795. The van der Waals surface area contributed by atoms with Gasteiger partial charge >= 0.3 is 23.8 Å². The summed E-state index contributed by atoms with van der Waals surface area (Å²) in [6, 6.07) is -2.55. The molecular weight excluding hydrogens is 1450 g/mol. The highest BCUT2D eigenvalue weighted by Crippen LogP contribution is 2.28. The fourth-order valence-electron chi connectivity index (χ4n) is 9.81. The number of primary amides is 1. The maximum Gasteiger partial charge on any atom is 0.490 e. The van der Waals surface area contributed by atoms with Crippen molar-refractivity contribution in [3.8, 4) is 11.5 Å². The number of phenolic OH excluding ortho intramolecular Hbond substituents is 2. The van der Waals surface area contributed by atoms with Crippen LogP contribution in [-0.2, 0) is 70.4 Å². The molecule has 602 valence electrons. The number of para-hydroxylation sites is 1. The summed E-state index contributed by atoms with van der Waals surface area (Å²) in [6.45, 7) is 9.20. The molecule has 0 saturated heterocycles. The number of anilines is 1. The van der Waals surface area contributed by atoms with Crippen LogP contribution in [0.1, 0.15) is 109 Å². The second-order valence-corrected chi connectivity index (χ2v) is 26.7. The van der Waals surface area contributed by atoms with Crippen LogP contribution in [-0.4, -0.2) is 217 Å². The molecule has 0 bridgehead atoms. The molecule has 0 saturated carbocycles. The van der Waals surface area contributed by atoms with E-state index in [4.69, 9.17) is 44.3 Å². The first-order valence-corrected chi connectivity index (χ1v) is 33.3. The molecule has 0 radical (unpaired) electrons. The number of carbonyl (C=O) groups excluding carboxylic acids is 11. The first-order chi connectivity index (χ1) is 50.5. The van der Waals surface area contributed by atoms with Gasteiger partial charge in [0.25, 0.3) is 5.91 Å². The first kappa shape index (κ1) is 92.9. The van der Waals surface area contributed by atoms with E-state index in [1.807, 2.05) is 0 Å². The van der Waals surface area contributed by atoms with Gasteiger partial charge in [-0.1, -0.05) is 65.0 Å². The number of nitro groups is 1. The van der Waals surface area contributed by atoms with Crippen molar-refractivity contribution >= 4 is 100 Å². The quantitative estimate of drug-likeness (QED) is 0.00644. The number of nitro benzene ring substituents is 1. The van der Waals surface area contributed by atoms with E-state index in [-0.39, 0.29) is 86.1 Å². The van der Waals surface area contributed by atoms with Gasteiger partial charge < -0.3 is 118 Å². The second-order valence-electron chi connectivity index (χ2n) is 26.7. The number of carbonyl (C=O) groups is 13. The SMILES string of the molecule is CC(C)CC(NC(=O)C(CCCN=C(N)N)NC(=O)C(CO)NC(=O)C(CO)NC(=O)C(C)NC(=O)C(NC(=O)C(NC(=O)c1ccccc1N)C(C)(C)C)C(C)(C)C(N)=O)C(=O)NC(Cc1ccc(O)c([N+](=O)[O-])c1)C(=O)NC(Cc1ccc(O)cc1)C(=O)NC(CCCN=C(N)N)C(=O)O.O=C(O)C(F)(F)F. The Bertz CT molecular complexity index is 3790. The van der Waals surface area contributed by atoms with E-state index >= 15 is 0 Å². The van der Waals surface area contributed by atoms with Crippen LogP contribution < -0.4 is 87.6 Å². The van der Waals surface area contributed by atoms with Gasteiger partial charge in [-0.3, -0.25) is 72.8 Å². The third kappa shape index (κ3) is 31.4. The number of carboxylic acids is 2. The summed E-state index contributed by atoms with van der Waals surface area (Å²) in [6.07, 6.45) is -6.72. The van der Waals surface area contributed by atoms with E-state index in [1.165, 1.54) is 56.3 Å². The first-order valence-electron chi connectivity index (χ1n) is 33.3. The number of hydrogen-bond donors (Lipinski definition) is 22. The maximum atomic E-state index is 14.7. The zero-order valence-corrected chi connectivity index (χ0v) is 60.7. The molecule has 0 aliphatic heterocycles. The Kier molecular flexibility index (Phi) is 36.5. The van der Waals surface area contributed by atoms with Crippen LogP contribution >= 0.6 is 0 Å². The van der Waals surface area contributed by atoms with E-state index in [9.17, 15) is 106 Å². The van der Waals surface area contributed by atoms with Crippen molar-refractivity contribution in [2.24, 2.45) is 55.4 Å². The van der Waals surface area contributed by atoms with Crippen molar-refractivity contribution < 1.29 is 111 Å². The zero-order chi connectivity index (χ0) is 83.2. The highest BCUT2D eigenvalue weighted by atomic mass is 19.4. The number of aliphatic carboxylic acids is 2. The molecule has 0 spiro atoms. The summed E-state index contributed by atoms with van der Waals surface area (Å²) in [7, 11) is 0. The number of phenols is 2. The largest absolute Gasteiger partial charge is 0.508 e. The number of hydrogen-bond acceptors (Lipinski definition) is 22. The van der Waals surface area contributed by atoms with Crippen LogP contribution in [0.4, 0.5) is 24.5 Å². The number of nitrogen functional groups attached to an aromatic ring is 1. The number of aliphatic hydroxyl groups is 2. The maximum absolute atomic E-state index is 14.7. The summed E-state index contributed by atoms with van der Waals surface area (Å²) in [5, 5.41) is 94.3. The molecule has 28 N–H and O–H groups in total. The fraction of sp³-hybridized carbons (Fsp3) is 0.500. The Hall–Kier alpha value is -12.2. The molecule has 43 heteroatoms. The highest BCUT2D eigenvalue weighted by molar-refractivity contribution is 6.04. The van der Waals surface area contributed by atoms with Gasteiger partial charge in [0.05, 0.1) is 29.1 Å². The van der Waals surface area contributed by atoms with Crippen LogP contribution in [0.5, 0.6) is 11.5 Å². The van der Waals surface area contributed by atoms with Crippen LogP contribution in [0.2, 0.25) is 0 Å². The number of nitrogens with zero attached hydrogens (tertiary/aromatic N) is 3. The van der Waals surface area contributed by atoms with Gasteiger partial charge in [0.1, 0.15) is 66.2 Å². The Morgan fingerprint density at radius 3 is 1.39 bits per heavy atom. The Morgan fingerprint density at radius 2 is 0.936 bits per heavy atom. The normalized spacial score (nSPS) is 14.0. The third-order valence-electron chi connectivity index (χ3n) is 15.9. The lowest BCUT2D eigenvalue weighted by molar-refractivity contribution is -0.385. The lowest BCUT2D eigenvalue weighted by Gasteiger charge is -2.36. The van der Waals surface area contributed by atoms with Crippen molar-refractivity contribution in [2.45, 2.75) is 167 Å². The van der Waals surface area contributed by atoms with Crippen LogP contribution in [0, 0.1) is 26.9 Å². The summed E-state index contributed by atoms with van der Waals surface area (Å²) < 4.78 is 31.7. The number of alkyl halides is 3. The summed E-state index contributed by atoms with van der Waals surface area (Å²) in [4.78, 5) is 194. The number of benzene rings is 3. The molecule has 40 nitrogen and oxygen atoms in total. The number of aliphatic hydroxyl groups excluding tert-OH is 2. The summed E-state index contributed by atoms with van der Waals surface area (Å²) in [5.74, 6) is -18.2. The van der Waals surface area contributed by atoms with Crippen molar-refractivity contribution in [2.75, 3.05) is 32.0 Å². The van der Waals surface area contributed by atoms with E-state index in [1.54, 1.807) is 46.8 Å². The number of carboxylic acid groups (broad SMARTS) is 2. The zero-order valence-electron chi connectivity index (χ0n) is 60.7. The molecule has 109 heavy (non-hydrogen) atoms. The van der Waals surface area contributed by atoms with E-state index < -0.39 is 196 Å². The van der Waals surface area contributed by atoms with E-state index in [2.05, 4.69) is 63.2 Å². The van der Waals surface area contributed by atoms with Gasteiger partial charge in [-0.05, 0) is 106 Å². The highest BCUT2D eigenvalue weighted by Gasteiger charge is 2.45. The molecule has 0 fully saturated rings. The lowest BCUT2D eigenvalue weighted by Crippen LogP contribution is -2.64. The number of aromatic hydroxyl groups is 2. The van der Waals surface area contributed by atoms with Gasteiger partial charge in [0.15, 0.2) is 17.7 Å². The predicted octanol–water partition coefficient (Wildman–Crippen LogP) is -4.03. The molecule has 3 aromatic carbocycles. The third-order valence-corrected chi connectivity index (χ3v) is 15.9.